The third kappa shape index (κ3) is 4.90. The molecule has 1 saturated heterocycles. The van der Waals surface area contributed by atoms with Crippen LogP contribution >= 0.6 is 0 Å². The number of benzene rings is 2. The molecule has 0 spiro atoms. The van der Waals surface area contributed by atoms with Gasteiger partial charge in [0.25, 0.3) is 5.91 Å². The SMILES string of the molecule is CCCNC(=O)[C@@]1(Cc2ccccc2-c2ccccc2)CN(C(=O)C(C)C)CCO1. The van der Waals surface area contributed by atoms with E-state index in [4.69, 9.17) is 4.74 Å². The van der Waals surface area contributed by atoms with Crippen molar-refractivity contribution < 1.29 is 14.3 Å². The van der Waals surface area contributed by atoms with Crippen LogP contribution in [0, 0.1) is 5.92 Å². The van der Waals surface area contributed by atoms with E-state index in [1.807, 2.05) is 57.2 Å². The van der Waals surface area contributed by atoms with Gasteiger partial charge in [0, 0.05) is 25.4 Å². The molecule has 0 aromatic heterocycles. The number of hydrogen-bond acceptors (Lipinski definition) is 3. The lowest BCUT2D eigenvalue weighted by atomic mass is 9.87. The van der Waals surface area contributed by atoms with Gasteiger partial charge in [-0.25, -0.2) is 0 Å². The highest BCUT2D eigenvalue weighted by molar-refractivity contribution is 5.88. The molecule has 1 atom stereocenters. The van der Waals surface area contributed by atoms with Gasteiger partial charge >= 0.3 is 0 Å². The monoisotopic (exact) mass is 408 g/mol. The van der Waals surface area contributed by atoms with Crippen molar-refractivity contribution in [1.29, 1.82) is 0 Å². The van der Waals surface area contributed by atoms with Gasteiger partial charge in [-0.1, -0.05) is 75.4 Å². The van der Waals surface area contributed by atoms with Crippen LogP contribution in [0.2, 0.25) is 0 Å². The smallest absolute Gasteiger partial charge is 0.254 e. The molecule has 0 saturated carbocycles. The standard InChI is InChI=1S/C25H32N2O3/c1-4-14-26-24(29)25(18-27(15-16-30-25)23(28)19(2)3)17-21-12-8-9-13-22(21)20-10-6-5-7-11-20/h5-13,19H,4,14-18H2,1-3H3,(H,26,29)/t25-/m1/s1. The van der Waals surface area contributed by atoms with Crippen molar-refractivity contribution in [2.45, 2.75) is 39.2 Å². The minimum Gasteiger partial charge on any atom is -0.361 e. The molecule has 1 aliphatic rings. The van der Waals surface area contributed by atoms with Crippen molar-refractivity contribution in [3.8, 4) is 11.1 Å². The molecule has 2 aromatic carbocycles. The summed E-state index contributed by atoms with van der Waals surface area (Å²) < 4.78 is 6.17. The topological polar surface area (TPSA) is 58.6 Å². The Kier molecular flexibility index (Phi) is 7.27. The maximum absolute atomic E-state index is 13.3. The molecule has 0 aliphatic carbocycles. The number of carbonyl (C=O) groups excluding carboxylic acids is 2. The summed E-state index contributed by atoms with van der Waals surface area (Å²) in [6.45, 7) is 7.52. The fourth-order valence-electron chi connectivity index (χ4n) is 3.94. The number of ether oxygens (including phenoxy) is 1. The molecule has 5 heteroatoms. The Hall–Kier alpha value is -2.66. The van der Waals surface area contributed by atoms with E-state index in [-0.39, 0.29) is 24.3 Å². The second-order valence-corrected chi connectivity index (χ2v) is 8.21. The third-order valence-electron chi connectivity index (χ3n) is 5.52. The lowest BCUT2D eigenvalue weighted by Crippen LogP contribution is -2.62. The molecule has 0 bridgehead atoms. The van der Waals surface area contributed by atoms with Crippen molar-refractivity contribution in [2.75, 3.05) is 26.2 Å². The molecular formula is C25H32N2O3. The van der Waals surface area contributed by atoms with Crippen LogP contribution in [-0.2, 0) is 20.7 Å². The zero-order valence-electron chi connectivity index (χ0n) is 18.2. The second-order valence-electron chi connectivity index (χ2n) is 8.21. The van der Waals surface area contributed by atoms with Gasteiger partial charge in [-0.2, -0.15) is 0 Å². The van der Waals surface area contributed by atoms with Crippen LogP contribution in [-0.4, -0.2) is 48.6 Å². The normalized spacial score (nSPS) is 19.0. The van der Waals surface area contributed by atoms with Crippen LogP contribution in [0.4, 0.5) is 0 Å². The highest BCUT2D eigenvalue weighted by Gasteiger charge is 2.45. The van der Waals surface area contributed by atoms with E-state index in [0.717, 1.165) is 23.1 Å². The summed E-state index contributed by atoms with van der Waals surface area (Å²) >= 11 is 0. The van der Waals surface area contributed by atoms with Crippen LogP contribution in [0.1, 0.15) is 32.8 Å². The lowest BCUT2D eigenvalue weighted by Gasteiger charge is -2.42. The first-order valence-electron chi connectivity index (χ1n) is 10.8. The number of amides is 2. The van der Waals surface area contributed by atoms with Gasteiger partial charge in [-0.05, 0) is 23.1 Å². The predicted molar refractivity (Wildman–Crippen MR) is 119 cm³/mol. The van der Waals surface area contributed by atoms with Gasteiger partial charge in [-0.15, -0.1) is 0 Å². The zero-order chi connectivity index (χ0) is 21.6. The highest BCUT2D eigenvalue weighted by Crippen LogP contribution is 2.30. The maximum Gasteiger partial charge on any atom is 0.254 e. The Labute approximate surface area is 179 Å². The van der Waals surface area contributed by atoms with Gasteiger partial charge in [-0.3, -0.25) is 9.59 Å². The third-order valence-corrected chi connectivity index (χ3v) is 5.52. The summed E-state index contributed by atoms with van der Waals surface area (Å²) in [4.78, 5) is 27.8. The quantitative estimate of drug-likeness (QED) is 0.760. The number of nitrogens with one attached hydrogen (secondary N) is 1. The lowest BCUT2D eigenvalue weighted by molar-refractivity contribution is -0.167. The van der Waals surface area contributed by atoms with Gasteiger partial charge < -0.3 is 15.0 Å². The summed E-state index contributed by atoms with van der Waals surface area (Å²) in [5.74, 6) is -0.202. The van der Waals surface area contributed by atoms with Crippen LogP contribution in [0.15, 0.2) is 54.6 Å². The summed E-state index contributed by atoms with van der Waals surface area (Å²) in [5.41, 5.74) is 2.12. The Morgan fingerprint density at radius 3 is 2.50 bits per heavy atom. The second kappa shape index (κ2) is 9.90. The molecule has 5 nitrogen and oxygen atoms in total. The maximum atomic E-state index is 13.3. The number of hydrogen-bond donors (Lipinski definition) is 1. The average molecular weight is 409 g/mol. The Balaban J connectivity index is 1.97. The van der Waals surface area contributed by atoms with E-state index >= 15 is 0 Å². The molecule has 1 fully saturated rings. The molecular weight excluding hydrogens is 376 g/mol. The molecule has 1 N–H and O–H groups in total. The molecule has 30 heavy (non-hydrogen) atoms. The van der Waals surface area contributed by atoms with Crippen molar-refractivity contribution >= 4 is 11.8 Å². The average Bonchev–Trinajstić information content (AvgIpc) is 2.78. The number of rotatable bonds is 7. The summed E-state index contributed by atoms with van der Waals surface area (Å²) in [5, 5.41) is 3.01. The van der Waals surface area contributed by atoms with E-state index in [1.54, 1.807) is 4.90 Å². The molecule has 160 valence electrons. The van der Waals surface area contributed by atoms with Crippen LogP contribution < -0.4 is 5.32 Å². The molecule has 2 aromatic rings. The van der Waals surface area contributed by atoms with Gasteiger partial charge in [0.15, 0.2) is 5.60 Å². The first kappa shape index (κ1) is 22.0. The van der Waals surface area contributed by atoms with Crippen molar-refractivity contribution in [3.05, 3.63) is 60.2 Å². The number of morpholine rings is 1. The summed E-state index contributed by atoms with van der Waals surface area (Å²) in [7, 11) is 0. The summed E-state index contributed by atoms with van der Waals surface area (Å²) in [6, 6.07) is 18.3. The van der Waals surface area contributed by atoms with Gasteiger partial charge in [0.2, 0.25) is 5.91 Å². The first-order valence-corrected chi connectivity index (χ1v) is 10.8. The van der Waals surface area contributed by atoms with Crippen molar-refractivity contribution in [2.24, 2.45) is 5.92 Å². The van der Waals surface area contributed by atoms with E-state index in [0.29, 0.717) is 26.1 Å². The number of nitrogens with zero attached hydrogens (tertiary/aromatic N) is 1. The first-order chi connectivity index (χ1) is 14.5. The molecule has 3 rings (SSSR count). The van der Waals surface area contributed by atoms with Crippen LogP contribution in [0.5, 0.6) is 0 Å². The van der Waals surface area contributed by atoms with Crippen LogP contribution in [0.25, 0.3) is 11.1 Å². The molecule has 1 aliphatic heterocycles. The van der Waals surface area contributed by atoms with E-state index < -0.39 is 5.60 Å². The molecule has 0 unspecified atom stereocenters. The fraction of sp³-hybridized carbons (Fsp3) is 0.440. The largest absolute Gasteiger partial charge is 0.361 e. The van der Waals surface area contributed by atoms with Crippen LogP contribution in [0.3, 0.4) is 0 Å². The zero-order valence-corrected chi connectivity index (χ0v) is 18.2. The minimum atomic E-state index is -1.09. The van der Waals surface area contributed by atoms with Gasteiger partial charge in [0.05, 0.1) is 13.2 Å². The fourth-order valence-corrected chi connectivity index (χ4v) is 3.94. The minimum absolute atomic E-state index is 0.0577. The Morgan fingerprint density at radius 1 is 1.10 bits per heavy atom. The number of carbonyl (C=O) groups is 2. The Morgan fingerprint density at radius 2 is 1.80 bits per heavy atom. The highest BCUT2D eigenvalue weighted by atomic mass is 16.5. The summed E-state index contributed by atoms with van der Waals surface area (Å²) in [6.07, 6.45) is 1.26. The van der Waals surface area contributed by atoms with Gasteiger partial charge in [0.1, 0.15) is 0 Å². The molecule has 2 amide bonds. The van der Waals surface area contributed by atoms with Crippen molar-refractivity contribution in [3.63, 3.8) is 0 Å². The van der Waals surface area contributed by atoms with E-state index in [9.17, 15) is 9.59 Å². The predicted octanol–water partition coefficient (Wildman–Crippen LogP) is 3.68. The van der Waals surface area contributed by atoms with E-state index in [2.05, 4.69) is 23.5 Å². The Bertz CT molecular complexity index is 866. The van der Waals surface area contributed by atoms with Crippen molar-refractivity contribution in [1.82, 2.24) is 10.2 Å². The molecule has 1 heterocycles. The van der Waals surface area contributed by atoms with E-state index in [1.165, 1.54) is 0 Å². The molecule has 0 radical (unpaired) electrons.